The smallest absolute Gasteiger partial charge is 0.243 e. The Morgan fingerprint density at radius 2 is 2.23 bits per heavy atom. The van der Waals surface area contributed by atoms with Gasteiger partial charge in [0.25, 0.3) is 0 Å². The molecule has 2 heterocycles. The molecule has 1 saturated heterocycles. The summed E-state index contributed by atoms with van der Waals surface area (Å²) in [5.74, 6) is 0.0289. The van der Waals surface area contributed by atoms with Gasteiger partial charge in [-0.05, 0) is 38.8 Å². The van der Waals surface area contributed by atoms with E-state index in [1.807, 2.05) is 5.38 Å². The number of nitrogens with zero attached hydrogens (tertiary/aromatic N) is 1. The normalized spacial score (nSPS) is 18.2. The lowest BCUT2D eigenvalue weighted by molar-refractivity contribution is -0.118. The minimum Gasteiger partial charge on any atom is -0.306 e. The number of hydrogen-bond donors (Lipinski definition) is 2. The van der Waals surface area contributed by atoms with Crippen molar-refractivity contribution < 1.29 is 4.79 Å². The van der Waals surface area contributed by atoms with E-state index in [0.29, 0.717) is 5.13 Å². The van der Waals surface area contributed by atoms with E-state index in [4.69, 9.17) is 0 Å². The fourth-order valence-electron chi connectivity index (χ4n) is 2.82. The lowest BCUT2D eigenvalue weighted by Crippen LogP contribution is -2.43. The quantitative estimate of drug-likeness (QED) is 0.911. The Kier molecular flexibility index (Phi) is 4.55. The van der Waals surface area contributed by atoms with Crippen LogP contribution in [0, 0.1) is 13.8 Å². The van der Waals surface area contributed by atoms with Crippen LogP contribution in [0.1, 0.15) is 30.4 Å². The summed E-state index contributed by atoms with van der Waals surface area (Å²) < 4.78 is 0. The van der Waals surface area contributed by atoms with Crippen molar-refractivity contribution >= 4 is 22.4 Å². The first kappa shape index (κ1) is 15.2. The van der Waals surface area contributed by atoms with Crippen LogP contribution in [-0.2, 0) is 4.79 Å². The maximum absolute atomic E-state index is 12.2. The Hall–Kier alpha value is -1.72. The van der Waals surface area contributed by atoms with Crippen molar-refractivity contribution in [1.29, 1.82) is 0 Å². The molecule has 1 aromatic heterocycles. The molecule has 0 bridgehead atoms. The first-order valence-electron chi connectivity index (χ1n) is 7.71. The molecule has 116 valence electrons. The van der Waals surface area contributed by atoms with Crippen LogP contribution < -0.4 is 10.6 Å². The molecular formula is C17H21N3OS. The standard InChI is InChI=1S/C17H21N3OS/c1-11-6-7-13(12(2)9-11)15-10-22-17(19-15)20-16(21)14-5-3-4-8-18-14/h6-7,9-10,14,18H,3-5,8H2,1-2H3,(H,19,20,21). The van der Waals surface area contributed by atoms with Crippen molar-refractivity contribution in [3.63, 3.8) is 0 Å². The number of carbonyl (C=O) groups is 1. The summed E-state index contributed by atoms with van der Waals surface area (Å²) in [4.78, 5) is 16.8. The molecule has 0 radical (unpaired) electrons. The summed E-state index contributed by atoms with van der Waals surface area (Å²) in [5.41, 5.74) is 4.50. The third kappa shape index (κ3) is 3.36. The highest BCUT2D eigenvalue weighted by atomic mass is 32.1. The minimum absolute atomic E-state index is 0.0289. The number of nitrogens with one attached hydrogen (secondary N) is 2. The maximum atomic E-state index is 12.2. The van der Waals surface area contributed by atoms with Gasteiger partial charge in [-0.15, -0.1) is 11.3 Å². The molecule has 1 amide bonds. The third-order valence-corrected chi connectivity index (χ3v) is 4.78. The average Bonchev–Trinajstić information content (AvgIpc) is 2.96. The summed E-state index contributed by atoms with van der Waals surface area (Å²) in [6.45, 7) is 5.09. The van der Waals surface area contributed by atoms with Crippen LogP contribution in [0.15, 0.2) is 23.6 Å². The Morgan fingerprint density at radius 3 is 2.95 bits per heavy atom. The highest BCUT2D eigenvalue weighted by Gasteiger charge is 2.21. The zero-order valence-corrected chi connectivity index (χ0v) is 13.8. The van der Waals surface area contributed by atoms with E-state index >= 15 is 0 Å². The number of rotatable bonds is 3. The number of amides is 1. The molecule has 5 heteroatoms. The molecule has 1 aliphatic rings. The van der Waals surface area contributed by atoms with Crippen molar-refractivity contribution in [1.82, 2.24) is 10.3 Å². The van der Waals surface area contributed by atoms with Crippen molar-refractivity contribution in [2.75, 3.05) is 11.9 Å². The second-order valence-electron chi connectivity index (χ2n) is 5.85. The molecule has 1 fully saturated rings. The minimum atomic E-state index is -0.0813. The zero-order valence-electron chi connectivity index (χ0n) is 13.0. The third-order valence-electron chi connectivity index (χ3n) is 4.02. The molecular weight excluding hydrogens is 294 g/mol. The second kappa shape index (κ2) is 6.58. The monoisotopic (exact) mass is 315 g/mol. The van der Waals surface area contributed by atoms with Crippen LogP contribution in [-0.4, -0.2) is 23.5 Å². The van der Waals surface area contributed by atoms with E-state index in [1.165, 1.54) is 22.5 Å². The van der Waals surface area contributed by atoms with E-state index < -0.39 is 0 Å². The molecule has 1 unspecified atom stereocenters. The first-order valence-corrected chi connectivity index (χ1v) is 8.59. The summed E-state index contributed by atoms with van der Waals surface area (Å²) in [6.07, 6.45) is 3.16. The summed E-state index contributed by atoms with van der Waals surface area (Å²) >= 11 is 1.48. The Bertz CT molecular complexity index is 674. The van der Waals surface area contributed by atoms with Crippen molar-refractivity contribution in [3.05, 3.63) is 34.7 Å². The molecule has 0 spiro atoms. The molecule has 3 rings (SSSR count). The van der Waals surface area contributed by atoms with E-state index in [9.17, 15) is 4.79 Å². The molecule has 1 atom stereocenters. The largest absolute Gasteiger partial charge is 0.306 e. The number of thiazole rings is 1. The van der Waals surface area contributed by atoms with E-state index in [-0.39, 0.29) is 11.9 Å². The van der Waals surface area contributed by atoms with E-state index in [0.717, 1.165) is 37.1 Å². The Morgan fingerprint density at radius 1 is 1.36 bits per heavy atom. The summed E-state index contributed by atoms with van der Waals surface area (Å²) in [5, 5.41) is 8.87. The van der Waals surface area contributed by atoms with Gasteiger partial charge in [0.2, 0.25) is 5.91 Å². The predicted octanol–water partition coefficient (Wildman–Crippen LogP) is 3.51. The molecule has 2 aromatic rings. The number of piperidine rings is 1. The summed E-state index contributed by atoms with van der Waals surface area (Å²) in [6, 6.07) is 6.25. The van der Waals surface area contributed by atoms with Crippen LogP contribution in [0.2, 0.25) is 0 Å². The lowest BCUT2D eigenvalue weighted by Gasteiger charge is -2.21. The Balaban J connectivity index is 1.72. The van der Waals surface area contributed by atoms with Gasteiger partial charge in [-0.1, -0.05) is 30.2 Å². The molecule has 1 aromatic carbocycles. The zero-order chi connectivity index (χ0) is 15.5. The topological polar surface area (TPSA) is 54.0 Å². The predicted molar refractivity (Wildman–Crippen MR) is 91.3 cm³/mol. The number of carbonyl (C=O) groups excluding carboxylic acids is 1. The number of aryl methyl sites for hydroxylation is 2. The highest BCUT2D eigenvalue weighted by molar-refractivity contribution is 7.14. The van der Waals surface area contributed by atoms with Gasteiger partial charge in [-0.3, -0.25) is 4.79 Å². The molecule has 1 aliphatic heterocycles. The number of hydrogen-bond acceptors (Lipinski definition) is 4. The van der Waals surface area contributed by atoms with Crippen LogP contribution in [0.5, 0.6) is 0 Å². The van der Waals surface area contributed by atoms with Gasteiger partial charge < -0.3 is 10.6 Å². The van der Waals surface area contributed by atoms with Crippen LogP contribution in [0.3, 0.4) is 0 Å². The van der Waals surface area contributed by atoms with Crippen molar-refractivity contribution in [2.45, 2.75) is 39.2 Å². The van der Waals surface area contributed by atoms with Crippen molar-refractivity contribution in [3.8, 4) is 11.3 Å². The Labute approximate surface area is 135 Å². The van der Waals surface area contributed by atoms with Gasteiger partial charge in [0.1, 0.15) is 0 Å². The fourth-order valence-corrected chi connectivity index (χ4v) is 3.54. The van der Waals surface area contributed by atoms with Crippen LogP contribution in [0.4, 0.5) is 5.13 Å². The maximum Gasteiger partial charge on any atom is 0.243 e. The van der Waals surface area contributed by atoms with Crippen LogP contribution >= 0.6 is 11.3 Å². The van der Waals surface area contributed by atoms with Gasteiger partial charge in [-0.25, -0.2) is 4.98 Å². The van der Waals surface area contributed by atoms with Crippen LogP contribution in [0.25, 0.3) is 11.3 Å². The number of anilines is 1. The van der Waals surface area contributed by atoms with E-state index in [2.05, 4.69) is 47.7 Å². The average molecular weight is 315 g/mol. The van der Waals surface area contributed by atoms with E-state index in [1.54, 1.807) is 0 Å². The van der Waals surface area contributed by atoms with Gasteiger partial charge in [0.05, 0.1) is 11.7 Å². The molecule has 4 nitrogen and oxygen atoms in total. The second-order valence-corrected chi connectivity index (χ2v) is 6.71. The summed E-state index contributed by atoms with van der Waals surface area (Å²) in [7, 11) is 0. The highest BCUT2D eigenvalue weighted by Crippen LogP contribution is 2.28. The molecule has 22 heavy (non-hydrogen) atoms. The SMILES string of the molecule is Cc1ccc(-c2csc(NC(=O)C3CCCCN3)n2)c(C)c1. The van der Waals surface area contributed by atoms with Gasteiger partial charge in [-0.2, -0.15) is 0 Å². The van der Waals surface area contributed by atoms with Gasteiger partial charge in [0, 0.05) is 10.9 Å². The lowest BCUT2D eigenvalue weighted by atomic mass is 10.0. The molecule has 2 N–H and O–H groups in total. The van der Waals surface area contributed by atoms with Gasteiger partial charge in [0.15, 0.2) is 5.13 Å². The first-order chi connectivity index (χ1) is 10.6. The van der Waals surface area contributed by atoms with Gasteiger partial charge >= 0.3 is 0 Å². The molecule has 0 saturated carbocycles. The number of aromatic nitrogens is 1. The molecule has 0 aliphatic carbocycles. The fraction of sp³-hybridized carbons (Fsp3) is 0.412. The van der Waals surface area contributed by atoms with Crippen molar-refractivity contribution in [2.24, 2.45) is 0 Å². The number of benzene rings is 1.